The molecule has 2 aromatic rings. The normalized spacial score (nSPS) is 13.8. The minimum absolute atomic E-state index is 0.150. The van der Waals surface area contributed by atoms with Crippen LogP contribution in [0.5, 0.6) is 5.75 Å². The van der Waals surface area contributed by atoms with Crippen molar-refractivity contribution in [3.63, 3.8) is 0 Å². The van der Waals surface area contributed by atoms with Gasteiger partial charge in [0.25, 0.3) is 0 Å². The summed E-state index contributed by atoms with van der Waals surface area (Å²) in [5, 5.41) is 2.23. The summed E-state index contributed by atoms with van der Waals surface area (Å²) in [6.07, 6.45) is 4.15. The van der Waals surface area contributed by atoms with Crippen molar-refractivity contribution >= 4 is 28.7 Å². The largest absolute Gasteiger partial charge is 0.491 e. The Morgan fingerprint density at radius 3 is 2.65 bits per heavy atom. The predicted molar refractivity (Wildman–Crippen MR) is 108 cm³/mol. The molecule has 0 N–H and O–H groups in total. The molecule has 1 aromatic carbocycles. The van der Waals surface area contributed by atoms with Crippen LogP contribution in [0, 0.1) is 0 Å². The molecule has 0 radical (unpaired) electrons. The Bertz CT molecular complexity index is 707. The van der Waals surface area contributed by atoms with Crippen LogP contribution in [0.15, 0.2) is 28.9 Å². The molecule has 5 heteroatoms. The molecule has 0 spiro atoms. The topological polar surface area (TPSA) is 48.7 Å². The first-order valence-electron chi connectivity index (χ1n) is 9.36. The SMILES string of the molecule is CCOC(=O)Cc1coc2cc(O[C@@H](C)CCC(C)SC(C)C)ccc12. The summed E-state index contributed by atoms with van der Waals surface area (Å²) in [4.78, 5) is 11.7. The maximum absolute atomic E-state index is 11.7. The molecule has 0 saturated carbocycles. The Labute approximate surface area is 160 Å². The van der Waals surface area contributed by atoms with E-state index in [0.717, 1.165) is 35.1 Å². The quantitative estimate of drug-likeness (QED) is 0.503. The first-order chi connectivity index (χ1) is 12.4. The second kappa shape index (κ2) is 9.91. The Hall–Kier alpha value is -1.62. The highest BCUT2D eigenvalue weighted by Gasteiger charge is 2.14. The first-order valence-corrected chi connectivity index (χ1v) is 10.3. The number of ether oxygens (including phenoxy) is 2. The van der Waals surface area contributed by atoms with Crippen molar-refractivity contribution in [3.05, 3.63) is 30.0 Å². The van der Waals surface area contributed by atoms with Crippen molar-refractivity contribution in [2.24, 2.45) is 0 Å². The van der Waals surface area contributed by atoms with Crippen LogP contribution in [0.2, 0.25) is 0 Å². The van der Waals surface area contributed by atoms with Crippen molar-refractivity contribution in [1.29, 1.82) is 0 Å². The van der Waals surface area contributed by atoms with Crippen molar-refractivity contribution < 1.29 is 18.7 Å². The van der Waals surface area contributed by atoms with Crippen LogP contribution in [0.25, 0.3) is 11.0 Å². The van der Waals surface area contributed by atoms with Gasteiger partial charge in [0.2, 0.25) is 0 Å². The van der Waals surface area contributed by atoms with Gasteiger partial charge in [-0.1, -0.05) is 20.8 Å². The fourth-order valence-electron chi connectivity index (χ4n) is 2.93. The third-order valence-electron chi connectivity index (χ3n) is 4.09. The molecule has 4 nitrogen and oxygen atoms in total. The van der Waals surface area contributed by atoms with E-state index >= 15 is 0 Å². The monoisotopic (exact) mass is 378 g/mol. The van der Waals surface area contributed by atoms with Gasteiger partial charge in [0, 0.05) is 22.3 Å². The zero-order valence-corrected chi connectivity index (χ0v) is 17.2. The molecule has 0 fully saturated rings. The lowest BCUT2D eigenvalue weighted by Gasteiger charge is -2.18. The summed E-state index contributed by atoms with van der Waals surface area (Å²) in [5.41, 5.74) is 1.58. The number of carbonyl (C=O) groups excluding carboxylic acids is 1. The molecule has 1 heterocycles. The smallest absolute Gasteiger partial charge is 0.310 e. The van der Waals surface area contributed by atoms with Gasteiger partial charge >= 0.3 is 5.97 Å². The second-order valence-corrected chi connectivity index (χ2v) is 8.92. The van der Waals surface area contributed by atoms with E-state index in [1.165, 1.54) is 0 Å². The van der Waals surface area contributed by atoms with Crippen LogP contribution in [0.4, 0.5) is 0 Å². The molecule has 0 saturated heterocycles. The van der Waals surface area contributed by atoms with E-state index in [1.807, 2.05) is 30.0 Å². The Morgan fingerprint density at radius 2 is 1.96 bits per heavy atom. The number of thioether (sulfide) groups is 1. The maximum atomic E-state index is 11.7. The number of hydrogen-bond acceptors (Lipinski definition) is 5. The third-order valence-corrected chi connectivity index (χ3v) is 5.33. The molecule has 1 unspecified atom stereocenters. The van der Waals surface area contributed by atoms with Gasteiger partial charge in [-0.05, 0) is 44.1 Å². The average Bonchev–Trinajstić information content (AvgIpc) is 2.95. The number of fused-ring (bicyclic) bond motifs is 1. The van der Waals surface area contributed by atoms with Gasteiger partial charge in [0.15, 0.2) is 0 Å². The van der Waals surface area contributed by atoms with E-state index in [2.05, 4.69) is 27.7 Å². The maximum Gasteiger partial charge on any atom is 0.310 e. The highest BCUT2D eigenvalue weighted by molar-refractivity contribution is 8.00. The summed E-state index contributed by atoms with van der Waals surface area (Å²) >= 11 is 2.01. The lowest BCUT2D eigenvalue weighted by atomic mass is 10.1. The number of esters is 1. The predicted octanol–water partition coefficient (Wildman–Crippen LogP) is 5.62. The molecule has 2 rings (SSSR count). The van der Waals surface area contributed by atoms with Crippen molar-refractivity contribution in [2.75, 3.05) is 6.61 Å². The van der Waals surface area contributed by atoms with Crippen LogP contribution in [-0.2, 0) is 16.0 Å². The highest BCUT2D eigenvalue weighted by Crippen LogP contribution is 2.28. The molecule has 0 aliphatic rings. The highest BCUT2D eigenvalue weighted by atomic mass is 32.2. The van der Waals surface area contributed by atoms with Crippen LogP contribution in [-0.4, -0.2) is 29.2 Å². The van der Waals surface area contributed by atoms with E-state index in [1.54, 1.807) is 13.2 Å². The zero-order chi connectivity index (χ0) is 19.1. The van der Waals surface area contributed by atoms with Crippen LogP contribution in [0.3, 0.4) is 0 Å². The standard InChI is InChI=1S/C21H30O4S/c1-6-23-21(22)11-17-13-24-20-12-18(9-10-19(17)20)25-15(4)7-8-16(5)26-14(2)3/h9-10,12-16H,6-8,11H2,1-5H3/t15-,16?/m0/s1. The molecule has 0 bridgehead atoms. The van der Waals surface area contributed by atoms with Crippen molar-refractivity contribution in [2.45, 2.75) is 70.5 Å². The van der Waals surface area contributed by atoms with Gasteiger partial charge in [-0.15, -0.1) is 0 Å². The van der Waals surface area contributed by atoms with Gasteiger partial charge in [-0.2, -0.15) is 11.8 Å². The summed E-state index contributed by atoms with van der Waals surface area (Å²) in [5.74, 6) is 0.559. The molecule has 1 aromatic heterocycles. The third kappa shape index (κ3) is 6.27. The fourth-order valence-corrected chi connectivity index (χ4v) is 4.14. The lowest BCUT2D eigenvalue weighted by molar-refractivity contribution is -0.142. The van der Waals surface area contributed by atoms with Gasteiger partial charge in [0.1, 0.15) is 11.3 Å². The minimum atomic E-state index is -0.238. The molecule has 26 heavy (non-hydrogen) atoms. The molecule has 0 amide bonds. The van der Waals surface area contributed by atoms with E-state index in [9.17, 15) is 4.79 Å². The first kappa shape index (κ1) is 20.7. The molecular formula is C21H30O4S. The Kier molecular flexibility index (Phi) is 7.88. The van der Waals surface area contributed by atoms with Crippen molar-refractivity contribution in [3.8, 4) is 5.75 Å². The summed E-state index contributed by atoms with van der Waals surface area (Å²) in [6.45, 7) is 11.0. The number of hydrogen-bond donors (Lipinski definition) is 0. The van der Waals surface area contributed by atoms with Gasteiger partial charge in [-0.25, -0.2) is 0 Å². The molecule has 2 atom stereocenters. The lowest BCUT2D eigenvalue weighted by Crippen LogP contribution is -2.14. The number of furan rings is 1. The van der Waals surface area contributed by atoms with Crippen molar-refractivity contribution in [1.82, 2.24) is 0 Å². The number of carbonyl (C=O) groups is 1. The number of rotatable bonds is 10. The molecule has 144 valence electrons. The second-order valence-electron chi connectivity index (χ2n) is 6.90. The molecule has 0 aliphatic carbocycles. The van der Waals surface area contributed by atoms with E-state index in [4.69, 9.17) is 13.9 Å². The van der Waals surface area contributed by atoms with Crippen LogP contribution >= 0.6 is 11.8 Å². The van der Waals surface area contributed by atoms with E-state index in [0.29, 0.717) is 17.1 Å². The van der Waals surface area contributed by atoms with Gasteiger partial charge in [-0.3, -0.25) is 4.79 Å². The van der Waals surface area contributed by atoms with Crippen LogP contribution < -0.4 is 4.74 Å². The Morgan fingerprint density at radius 1 is 1.19 bits per heavy atom. The minimum Gasteiger partial charge on any atom is -0.491 e. The molecular weight excluding hydrogens is 348 g/mol. The zero-order valence-electron chi connectivity index (χ0n) is 16.4. The Balaban J connectivity index is 1.93. The van der Waals surface area contributed by atoms with Gasteiger partial charge in [0.05, 0.1) is 25.4 Å². The van der Waals surface area contributed by atoms with E-state index < -0.39 is 0 Å². The fraction of sp³-hybridized carbons (Fsp3) is 0.571. The van der Waals surface area contributed by atoms with E-state index in [-0.39, 0.29) is 18.5 Å². The summed E-state index contributed by atoms with van der Waals surface area (Å²) in [6, 6.07) is 5.79. The number of benzene rings is 1. The molecule has 0 aliphatic heterocycles. The van der Waals surface area contributed by atoms with Crippen LogP contribution in [0.1, 0.15) is 53.0 Å². The average molecular weight is 379 g/mol. The summed E-state index contributed by atoms with van der Waals surface area (Å²) < 4.78 is 16.7. The van der Waals surface area contributed by atoms with Gasteiger partial charge < -0.3 is 13.9 Å². The summed E-state index contributed by atoms with van der Waals surface area (Å²) in [7, 11) is 0.